The third-order valence-electron chi connectivity index (χ3n) is 1.84. The molecule has 0 aliphatic heterocycles. The summed E-state index contributed by atoms with van der Waals surface area (Å²) in [5.41, 5.74) is -2.45. The first-order chi connectivity index (χ1) is 10.1. The summed E-state index contributed by atoms with van der Waals surface area (Å²) in [5.74, 6) is 0. The second-order valence-corrected chi connectivity index (χ2v) is 4.79. The van der Waals surface area contributed by atoms with Crippen LogP contribution in [0.15, 0.2) is 28.4 Å². The Morgan fingerprint density at radius 3 is 2.78 bits per heavy atom. The number of thioether (sulfide) groups is 1. The second-order valence-electron chi connectivity index (χ2n) is 3.23. The van der Waals surface area contributed by atoms with E-state index in [-0.39, 0.29) is 20.8 Å². The molecule has 2 heterocycles. The lowest BCUT2D eigenvalue weighted by molar-refractivity contribution is 0.905. The van der Waals surface area contributed by atoms with Crippen LogP contribution in [0.1, 0.15) is 16.7 Å². The van der Waals surface area contributed by atoms with Crippen molar-refractivity contribution in [3.63, 3.8) is 0 Å². The van der Waals surface area contributed by atoms with E-state index in [2.05, 4.69) is 15.0 Å². The molecular formula is C11H9Cl2N3OS. The molecule has 0 amide bonds. The Hall–Kier alpha value is -1.04. The molecule has 0 aliphatic rings. The summed E-state index contributed by atoms with van der Waals surface area (Å²) in [6.45, 7) is 1.60. The molecule has 0 unspecified atom stereocenters. The summed E-state index contributed by atoms with van der Waals surface area (Å²) in [6.07, 6.45) is -0.887. The Balaban J connectivity index is 2.53. The van der Waals surface area contributed by atoms with E-state index in [9.17, 15) is 4.79 Å². The standard InChI is InChI=1S/C11H9Cl2N3OS/c1-6-2-10(17)16-11(15-6)18-5-7-8(12)3-14-4-9(7)13/h2-4H,5H2,1H3,(H,15,16,17)/i3D,4D,5D2. The quantitative estimate of drug-likeness (QED) is 0.699. The normalized spacial score (nSPS) is 14.6. The molecule has 0 spiro atoms. The topological polar surface area (TPSA) is 58.6 Å². The summed E-state index contributed by atoms with van der Waals surface area (Å²) in [5, 5.41) is -0.529. The second kappa shape index (κ2) is 5.73. The number of aromatic nitrogens is 3. The van der Waals surface area contributed by atoms with E-state index in [4.69, 9.17) is 28.7 Å². The number of rotatable bonds is 3. The monoisotopic (exact) mass is 305 g/mol. The first-order valence-electron chi connectivity index (χ1n) is 6.71. The van der Waals surface area contributed by atoms with Crippen molar-refractivity contribution in [2.24, 2.45) is 0 Å². The Bertz CT molecular complexity index is 773. The minimum absolute atomic E-state index is 0.0389. The molecule has 0 saturated heterocycles. The summed E-state index contributed by atoms with van der Waals surface area (Å²) in [6, 6.07) is 1.27. The molecule has 0 atom stereocenters. The molecule has 4 nitrogen and oxygen atoms in total. The van der Waals surface area contributed by atoms with Crippen LogP contribution in [0.5, 0.6) is 0 Å². The fraction of sp³-hybridized carbons (Fsp3) is 0.182. The predicted molar refractivity (Wildman–Crippen MR) is 73.4 cm³/mol. The molecule has 0 aliphatic carbocycles. The van der Waals surface area contributed by atoms with Crippen LogP contribution in [0.3, 0.4) is 0 Å². The van der Waals surface area contributed by atoms with Crippen LogP contribution in [0.25, 0.3) is 0 Å². The maximum Gasteiger partial charge on any atom is 0.251 e. The van der Waals surface area contributed by atoms with Crippen LogP contribution in [0.4, 0.5) is 0 Å². The van der Waals surface area contributed by atoms with Gasteiger partial charge in [0, 0.05) is 38.1 Å². The SMILES string of the molecule is [2H]c1nc([2H])c(Cl)c(C([2H])([2H])Sc2nc(C)cc(=O)[nH]2)c1Cl. The van der Waals surface area contributed by atoms with Crippen molar-refractivity contribution in [1.82, 2.24) is 15.0 Å². The van der Waals surface area contributed by atoms with Crippen LogP contribution >= 0.6 is 35.0 Å². The zero-order valence-corrected chi connectivity index (χ0v) is 11.4. The third kappa shape index (κ3) is 3.25. The molecule has 18 heavy (non-hydrogen) atoms. The Morgan fingerprint density at radius 1 is 1.50 bits per heavy atom. The number of nitrogens with zero attached hydrogens (tertiary/aromatic N) is 2. The molecule has 2 aromatic heterocycles. The van der Waals surface area contributed by atoms with E-state index < -0.39 is 23.6 Å². The van der Waals surface area contributed by atoms with E-state index >= 15 is 0 Å². The molecule has 0 aromatic carbocycles. The van der Waals surface area contributed by atoms with Gasteiger partial charge in [-0.3, -0.25) is 9.78 Å². The van der Waals surface area contributed by atoms with Crippen LogP contribution in [0.2, 0.25) is 10.0 Å². The molecule has 0 fully saturated rings. The number of nitrogens with one attached hydrogen (secondary N) is 1. The lowest BCUT2D eigenvalue weighted by Crippen LogP contribution is -2.08. The van der Waals surface area contributed by atoms with Gasteiger partial charge in [-0.25, -0.2) is 4.98 Å². The van der Waals surface area contributed by atoms with Crippen molar-refractivity contribution >= 4 is 35.0 Å². The van der Waals surface area contributed by atoms with Crippen LogP contribution in [-0.2, 0) is 5.70 Å². The van der Waals surface area contributed by atoms with Gasteiger partial charge in [-0.15, -0.1) is 0 Å². The molecule has 1 N–H and O–H groups in total. The van der Waals surface area contributed by atoms with Gasteiger partial charge in [0.15, 0.2) is 5.16 Å². The Labute approximate surface area is 123 Å². The zero-order valence-electron chi connectivity index (χ0n) is 13.0. The van der Waals surface area contributed by atoms with Crippen molar-refractivity contribution in [1.29, 1.82) is 0 Å². The number of hydrogen-bond acceptors (Lipinski definition) is 4. The van der Waals surface area contributed by atoms with Gasteiger partial charge < -0.3 is 4.98 Å². The number of halogens is 2. The fourth-order valence-corrected chi connectivity index (χ4v) is 2.40. The lowest BCUT2D eigenvalue weighted by Gasteiger charge is -2.05. The van der Waals surface area contributed by atoms with Crippen molar-refractivity contribution in [3.8, 4) is 0 Å². The lowest BCUT2D eigenvalue weighted by atomic mass is 10.3. The predicted octanol–water partition coefficient (Wildman–Crippen LogP) is 3.07. The molecule has 0 bridgehead atoms. The number of aryl methyl sites for hydroxylation is 1. The minimum atomic E-state index is -2.22. The van der Waals surface area contributed by atoms with E-state index in [1.807, 2.05) is 0 Å². The molecule has 0 saturated carbocycles. The average molecular weight is 306 g/mol. The molecule has 94 valence electrons. The third-order valence-corrected chi connectivity index (χ3v) is 3.08. The molecule has 2 aromatic rings. The maximum absolute atomic E-state index is 11.4. The van der Waals surface area contributed by atoms with Gasteiger partial charge in [0.25, 0.3) is 5.56 Å². The van der Waals surface area contributed by atoms with Gasteiger partial charge in [-0.2, -0.15) is 0 Å². The molecule has 0 radical (unpaired) electrons. The van der Waals surface area contributed by atoms with Crippen LogP contribution in [-0.4, -0.2) is 15.0 Å². The smallest absolute Gasteiger partial charge is 0.251 e. The van der Waals surface area contributed by atoms with E-state index in [1.165, 1.54) is 6.07 Å². The van der Waals surface area contributed by atoms with Crippen molar-refractivity contribution in [2.45, 2.75) is 17.8 Å². The summed E-state index contributed by atoms with van der Waals surface area (Å²) >= 11 is 12.4. The highest BCUT2D eigenvalue weighted by molar-refractivity contribution is 7.98. The van der Waals surface area contributed by atoms with Gasteiger partial charge in [0.2, 0.25) is 0 Å². The highest BCUT2D eigenvalue weighted by Gasteiger charge is 2.08. The fourth-order valence-electron chi connectivity index (χ4n) is 1.12. The van der Waals surface area contributed by atoms with Crippen molar-refractivity contribution in [3.05, 3.63) is 50.1 Å². The zero-order chi connectivity index (χ0) is 16.7. The van der Waals surface area contributed by atoms with Gasteiger partial charge in [0.05, 0.1) is 12.8 Å². The number of aromatic amines is 1. The van der Waals surface area contributed by atoms with Gasteiger partial charge >= 0.3 is 0 Å². The maximum atomic E-state index is 11.4. The van der Waals surface area contributed by atoms with E-state index in [0.29, 0.717) is 17.5 Å². The number of hydrogen-bond donors (Lipinski definition) is 1. The number of H-pyrrole nitrogens is 1. The van der Waals surface area contributed by atoms with Crippen LogP contribution in [0, 0.1) is 6.92 Å². The van der Waals surface area contributed by atoms with E-state index in [1.54, 1.807) is 6.92 Å². The first-order valence-corrected chi connectivity index (χ1v) is 6.28. The molecule has 7 heteroatoms. The van der Waals surface area contributed by atoms with E-state index in [0.717, 1.165) is 0 Å². The highest BCUT2D eigenvalue weighted by Crippen LogP contribution is 2.29. The molecule has 2 rings (SSSR count). The number of pyridine rings is 1. The van der Waals surface area contributed by atoms with Crippen molar-refractivity contribution < 1.29 is 5.48 Å². The van der Waals surface area contributed by atoms with Gasteiger partial charge in [-0.05, 0) is 6.92 Å². The summed E-state index contributed by atoms with van der Waals surface area (Å²) in [7, 11) is 0. The average Bonchev–Trinajstić information content (AvgIpc) is 2.34. The summed E-state index contributed by atoms with van der Waals surface area (Å²) < 4.78 is 31.4. The summed E-state index contributed by atoms with van der Waals surface area (Å²) in [4.78, 5) is 21.3. The minimum Gasteiger partial charge on any atom is -0.301 e. The van der Waals surface area contributed by atoms with Crippen molar-refractivity contribution in [2.75, 3.05) is 0 Å². The Morgan fingerprint density at radius 2 is 2.17 bits per heavy atom. The van der Waals surface area contributed by atoms with Crippen LogP contribution < -0.4 is 5.56 Å². The van der Waals surface area contributed by atoms with Gasteiger partial charge in [0.1, 0.15) is 0 Å². The largest absolute Gasteiger partial charge is 0.301 e. The van der Waals surface area contributed by atoms with Gasteiger partial charge in [-0.1, -0.05) is 35.0 Å². The Kier molecular flexibility index (Phi) is 2.85. The highest BCUT2D eigenvalue weighted by atomic mass is 35.5. The first kappa shape index (κ1) is 8.96. The molecular weight excluding hydrogens is 293 g/mol.